The Hall–Kier alpha value is -3.06. The highest BCUT2D eigenvalue weighted by atomic mass is 32.2. The molecule has 1 aliphatic rings. The number of fused-ring (bicyclic) bond motifs is 1. The smallest absolute Gasteiger partial charge is 0.250 e. The van der Waals surface area contributed by atoms with Crippen molar-refractivity contribution in [3.8, 4) is 0 Å². The monoisotopic (exact) mass is 420 g/mol. The van der Waals surface area contributed by atoms with Gasteiger partial charge in [0.2, 0.25) is 11.8 Å². The predicted octanol–water partition coefficient (Wildman–Crippen LogP) is 4.18. The quantitative estimate of drug-likeness (QED) is 0.607. The fourth-order valence-electron chi connectivity index (χ4n) is 3.52. The third-order valence-electron chi connectivity index (χ3n) is 5.39. The maximum atomic E-state index is 13.2. The van der Waals surface area contributed by atoms with Crippen molar-refractivity contribution in [2.24, 2.45) is 0 Å². The molecule has 1 aliphatic heterocycles. The molecule has 1 unspecified atom stereocenters. The number of aromatic nitrogens is 2. The number of nitrogens with one attached hydrogen (secondary N) is 2. The van der Waals surface area contributed by atoms with E-state index in [2.05, 4.69) is 27.9 Å². The van der Waals surface area contributed by atoms with Crippen molar-refractivity contribution < 1.29 is 9.59 Å². The molecule has 30 heavy (non-hydrogen) atoms. The number of anilines is 2. The third-order valence-corrected chi connectivity index (χ3v) is 6.75. The van der Waals surface area contributed by atoms with Crippen LogP contribution in [-0.2, 0) is 22.6 Å². The zero-order valence-corrected chi connectivity index (χ0v) is 18.0. The van der Waals surface area contributed by atoms with Crippen molar-refractivity contribution in [3.05, 3.63) is 71.5 Å². The van der Waals surface area contributed by atoms with Crippen LogP contribution in [0.2, 0.25) is 0 Å². The van der Waals surface area contributed by atoms with E-state index in [1.54, 1.807) is 6.92 Å². The predicted molar refractivity (Wildman–Crippen MR) is 120 cm³/mol. The van der Waals surface area contributed by atoms with E-state index in [-0.39, 0.29) is 11.8 Å². The van der Waals surface area contributed by atoms with Crippen molar-refractivity contribution in [2.75, 3.05) is 10.6 Å². The largest absolute Gasteiger partial charge is 0.323 e. The molecule has 154 valence electrons. The second-order valence-corrected chi connectivity index (χ2v) is 9.00. The molecule has 0 fully saturated rings. The van der Waals surface area contributed by atoms with Crippen molar-refractivity contribution >= 4 is 35.0 Å². The van der Waals surface area contributed by atoms with E-state index < -0.39 is 4.75 Å². The number of benzene rings is 2. The summed E-state index contributed by atoms with van der Waals surface area (Å²) in [5.74, 6) is -0.677. The Kier molecular flexibility index (Phi) is 5.39. The number of amides is 2. The van der Waals surface area contributed by atoms with Gasteiger partial charge >= 0.3 is 0 Å². The van der Waals surface area contributed by atoms with Gasteiger partial charge in [-0.2, -0.15) is 5.10 Å². The summed E-state index contributed by atoms with van der Waals surface area (Å²) in [6.45, 7) is 6.18. The Morgan fingerprint density at radius 3 is 2.60 bits per heavy atom. The zero-order valence-electron chi connectivity index (χ0n) is 17.2. The van der Waals surface area contributed by atoms with E-state index in [4.69, 9.17) is 0 Å². The van der Waals surface area contributed by atoms with Crippen LogP contribution < -0.4 is 10.6 Å². The lowest BCUT2D eigenvalue weighted by Crippen LogP contribution is -2.49. The average Bonchev–Trinajstić information content (AvgIpc) is 3.01. The number of nitrogens with zero attached hydrogens (tertiary/aromatic N) is 2. The first-order valence-corrected chi connectivity index (χ1v) is 10.7. The Bertz CT molecular complexity index is 1110. The summed E-state index contributed by atoms with van der Waals surface area (Å²) in [5, 5.41) is 10.4. The Morgan fingerprint density at radius 2 is 1.83 bits per heavy atom. The van der Waals surface area contributed by atoms with Crippen molar-refractivity contribution in [2.45, 2.75) is 43.4 Å². The summed E-state index contributed by atoms with van der Waals surface area (Å²) in [5.41, 5.74) is 4.25. The summed E-state index contributed by atoms with van der Waals surface area (Å²) in [4.78, 5) is 26.8. The van der Waals surface area contributed by atoms with Crippen molar-refractivity contribution in [1.82, 2.24) is 9.78 Å². The Morgan fingerprint density at radius 1 is 1.13 bits per heavy atom. The molecule has 2 N–H and O–H groups in total. The van der Waals surface area contributed by atoms with Gasteiger partial charge in [0.25, 0.3) is 0 Å². The van der Waals surface area contributed by atoms with Crippen LogP contribution in [0.25, 0.3) is 0 Å². The number of para-hydroxylation sites is 1. The minimum atomic E-state index is -1.26. The summed E-state index contributed by atoms with van der Waals surface area (Å²) in [6, 6.07) is 17.7. The van der Waals surface area contributed by atoms with E-state index in [9.17, 15) is 9.59 Å². The van der Waals surface area contributed by atoms with Crippen LogP contribution in [0, 0.1) is 13.8 Å². The van der Waals surface area contributed by atoms with Crippen LogP contribution in [0.4, 0.5) is 11.4 Å². The van der Waals surface area contributed by atoms with Crippen molar-refractivity contribution in [1.29, 1.82) is 0 Å². The number of carbonyl (C=O) groups is 2. The number of hydrogen-bond donors (Lipinski definition) is 2. The van der Waals surface area contributed by atoms with Crippen molar-refractivity contribution in [3.63, 3.8) is 0 Å². The van der Waals surface area contributed by atoms with Gasteiger partial charge in [0.1, 0.15) is 0 Å². The molecular formula is C23H24N4O2S. The Labute approximate surface area is 180 Å². The van der Waals surface area contributed by atoms with Gasteiger partial charge in [0, 0.05) is 11.4 Å². The maximum absolute atomic E-state index is 13.2. The third kappa shape index (κ3) is 3.73. The normalized spacial score (nSPS) is 17.9. The first-order valence-electron chi connectivity index (χ1n) is 9.87. The molecule has 7 heteroatoms. The van der Waals surface area contributed by atoms with Gasteiger partial charge in [-0.25, -0.2) is 0 Å². The van der Waals surface area contributed by atoms with Gasteiger partial charge in [-0.05, 0) is 44.9 Å². The van der Waals surface area contributed by atoms with Gasteiger partial charge < -0.3 is 10.6 Å². The zero-order chi connectivity index (χ0) is 21.3. The number of aryl methyl sites for hydroxylation is 3. The molecule has 4 rings (SSSR count). The van der Waals surface area contributed by atoms with Crippen LogP contribution in [0.3, 0.4) is 0 Å². The van der Waals surface area contributed by atoms with Crippen LogP contribution in [0.1, 0.15) is 23.9 Å². The molecule has 0 saturated heterocycles. The van der Waals surface area contributed by atoms with E-state index in [1.165, 1.54) is 17.3 Å². The highest BCUT2D eigenvalue weighted by Gasteiger charge is 2.46. The molecule has 0 aliphatic carbocycles. The fourth-order valence-corrected chi connectivity index (χ4v) is 4.63. The van der Waals surface area contributed by atoms with Gasteiger partial charge in [0.05, 0.1) is 22.8 Å². The SMILES string of the molecule is Cc1nn(CCc2ccccc2)c(C)c1NC(=O)C1(C)Sc2ccccc2NC1=O. The Balaban J connectivity index is 1.52. The minimum absolute atomic E-state index is 0.324. The molecule has 6 nitrogen and oxygen atoms in total. The molecule has 0 spiro atoms. The first-order chi connectivity index (χ1) is 14.4. The first kappa shape index (κ1) is 20.2. The average molecular weight is 421 g/mol. The minimum Gasteiger partial charge on any atom is -0.323 e. The van der Waals surface area contributed by atoms with E-state index in [0.717, 1.165) is 28.4 Å². The van der Waals surface area contributed by atoms with Crippen LogP contribution in [0.5, 0.6) is 0 Å². The lowest BCUT2D eigenvalue weighted by Gasteiger charge is -2.31. The standard InChI is InChI=1S/C23H24N4O2S/c1-15-20(16(2)27(26-15)14-13-17-9-5-4-6-10-17)25-22(29)23(3)21(28)24-18-11-7-8-12-19(18)30-23/h4-12H,13-14H2,1-3H3,(H,24,28)(H,25,29). The highest BCUT2D eigenvalue weighted by Crippen LogP contribution is 2.43. The second kappa shape index (κ2) is 7.99. The van der Waals surface area contributed by atoms with E-state index in [1.807, 2.05) is 61.0 Å². The molecule has 2 amide bonds. The molecule has 0 bridgehead atoms. The maximum Gasteiger partial charge on any atom is 0.250 e. The number of hydrogen-bond acceptors (Lipinski definition) is 4. The highest BCUT2D eigenvalue weighted by molar-refractivity contribution is 8.02. The topological polar surface area (TPSA) is 76.0 Å². The van der Waals surface area contributed by atoms with Crippen LogP contribution in [-0.4, -0.2) is 26.3 Å². The molecule has 2 aromatic carbocycles. The summed E-state index contributed by atoms with van der Waals surface area (Å²) in [7, 11) is 0. The molecular weight excluding hydrogens is 396 g/mol. The number of carbonyl (C=O) groups excluding carboxylic acids is 2. The van der Waals surface area contributed by atoms with Gasteiger partial charge in [-0.3, -0.25) is 14.3 Å². The molecule has 1 atom stereocenters. The van der Waals surface area contributed by atoms with E-state index in [0.29, 0.717) is 12.2 Å². The lowest BCUT2D eigenvalue weighted by molar-refractivity contribution is -0.126. The molecule has 2 heterocycles. The van der Waals surface area contributed by atoms with E-state index >= 15 is 0 Å². The van der Waals surface area contributed by atoms with Crippen LogP contribution in [0.15, 0.2) is 59.5 Å². The number of thioether (sulfide) groups is 1. The molecule has 0 radical (unpaired) electrons. The van der Waals surface area contributed by atoms with Gasteiger partial charge in [-0.1, -0.05) is 54.2 Å². The fraction of sp³-hybridized carbons (Fsp3) is 0.261. The lowest BCUT2D eigenvalue weighted by atomic mass is 10.1. The molecule has 1 aromatic heterocycles. The molecule has 3 aromatic rings. The van der Waals surface area contributed by atoms with Crippen LogP contribution >= 0.6 is 11.8 Å². The van der Waals surface area contributed by atoms with Gasteiger partial charge in [-0.15, -0.1) is 0 Å². The number of rotatable bonds is 5. The summed E-state index contributed by atoms with van der Waals surface area (Å²) in [6.07, 6.45) is 0.850. The second-order valence-electron chi connectivity index (χ2n) is 7.54. The summed E-state index contributed by atoms with van der Waals surface area (Å²) < 4.78 is 0.642. The molecule has 0 saturated carbocycles. The summed E-state index contributed by atoms with van der Waals surface area (Å²) >= 11 is 1.27. The van der Waals surface area contributed by atoms with Gasteiger partial charge in [0.15, 0.2) is 4.75 Å².